The molecule has 0 N–H and O–H groups in total. The quantitative estimate of drug-likeness (QED) is 0.445. The molecule has 0 bridgehead atoms. The van der Waals surface area contributed by atoms with Gasteiger partial charge in [-0.3, -0.25) is 0 Å². The minimum Gasteiger partial charge on any atom is -0.334 e. The summed E-state index contributed by atoms with van der Waals surface area (Å²) in [5.41, 5.74) is 0.865. The summed E-state index contributed by atoms with van der Waals surface area (Å²) in [6.45, 7) is 0. The van der Waals surface area contributed by atoms with Gasteiger partial charge in [-0.1, -0.05) is 41.0 Å². The second-order valence-electron chi connectivity index (χ2n) is 7.92. The normalized spacial score (nSPS) is 21.1. The highest BCUT2D eigenvalue weighted by atomic mass is 35.5. The first-order valence-corrected chi connectivity index (χ1v) is 11.3. The topological polar surface area (TPSA) is 42.2 Å². The summed E-state index contributed by atoms with van der Waals surface area (Å²) in [6, 6.07) is 12.5. The minimum absolute atomic E-state index is 0.524. The van der Waals surface area contributed by atoms with E-state index in [-0.39, 0.29) is 0 Å². The molecule has 4 rings (SSSR count). The van der Waals surface area contributed by atoms with Crippen molar-refractivity contribution in [2.75, 3.05) is 14.1 Å². The number of aromatic nitrogens is 2. The first-order chi connectivity index (χ1) is 14.1. The molecule has 1 fully saturated rings. The van der Waals surface area contributed by atoms with E-state index in [9.17, 15) is 0 Å². The molecule has 152 valence electrons. The van der Waals surface area contributed by atoms with Gasteiger partial charge in [-0.15, -0.1) is 11.3 Å². The van der Waals surface area contributed by atoms with E-state index >= 15 is 0 Å². The molecule has 3 aromatic rings. The predicted octanol–water partition coefficient (Wildman–Crippen LogP) is 6.57. The Hall–Kier alpha value is -1.95. The van der Waals surface area contributed by atoms with Crippen molar-refractivity contribution in [3.63, 3.8) is 0 Å². The highest BCUT2D eigenvalue weighted by Crippen LogP contribution is 2.41. The van der Waals surface area contributed by atoms with E-state index in [1.165, 1.54) is 30.6 Å². The number of hydrogen-bond donors (Lipinski definition) is 0. The molecule has 0 saturated heterocycles. The Morgan fingerprint density at radius 1 is 1.17 bits per heavy atom. The summed E-state index contributed by atoms with van der Waals surface area (Å²) < 4.78 is 5.39. The second-order valence-corrected chi connectivity index (χ2v) is 9.34. The van der Waals surface area contributed by atoms with Crippen LogP contribution in [0.3, 0.4) is 0 Å². The fourth-order valence-corrected chi connectivity index (χ4v) is 5.49. The molecular formula is C23H26ClN3OS. The van der Waals surface area contributed by atoms with Crippen LogP contribution in [-0.4, -0.2) is 29.1 Å². The fraction of sp³-hybridized carbons (Fsp3) is 0.391. The number of benzene rings is 1. The second kappa shape index (κ2) is 9.24. The van der Waals surface area contributed by atoms with Crippen LogP contribution in [0, 0.1) is 11.8 Å². The molecule has 0 aliphatic heterocycles. The Labute approximate surface area is 181 Å². The van der Waals surface area contributed by atoms with E-state index < -0.39 is 0 Å². The van der Waals surface area contributed by atoms with Crippen LogP contribution in [0.4, 0.5) is 0 Å². The molecule has 1 aliphatic carbocycles. The zero-order valence-electron chi connectivity index (χ0n) is 16.8. The van der Waals surface area contributed by atoms with Gasteiger partial charge in [0.05, 0.1) is 0 Å². The minimum atomic E-state index is 0.524. The standard InChI is InChI=1S/C23H26ClN3OS/c1-27(2)22(20-7-4-14-29-20)17-11-8-16(9-12-17)10-13-21-25-23(26-28-21)18-5-3-6-19(24)15-18/h3-7,10,13-17,22H,8-9,11-12H2,1-2H3/b13-10+. The lowest BCUT2D eigenvalue weighted by Crippen LogP contribution is -2.29. The maximum absolute atomic E-state index is 6.05. The predicted molar refractivity (Wildman–Crippen MR) is 120 cm³/mol. The van der Waals surface area contributed by atoms with Crippen molar-refractivity contribution in [2.45, 2.75) is 31.7 Å². The summed E-state index contributed by atoms with van der Waals surface area (Å²) in [5.74, 6) is 2.40. The van der Waals surface area contributed by atoms with E-state index in [1.807, 2.05) is 41.7 Å². The molecule has 0 spiro atoms. The summed E-state index contributed by atoms with van der Waals surface area (Å²) in [7, 11) is 4.40. The van der Waals surface area contributed by atoms with Crippen LogP contribution in [0.2, 0.25) is 5.02 Å². The number of allylic oxidation sites excluding steroid dienone is 1. The van der Waals surface area contributed by atoms with Crippen molar-refractivity contribution in [2.24, 2.45) is 11.8 Å². The van der Waals surface area contributed by atoms with Crippen molar-refractivity contribution in [3.8, 4) is 11.4 Å². The number of rotatable bonds is 6. The van der Waals surface area contributed by atoms with Crippen molar-refractivity contribution < 1.29 is 4.52 Å². The van der Waals surface area contributed by atoms with Gasteiger partial charge in [-0.25, -0.2) is 0 Å². The van der Waals surface area contributed by atoms with Gasteiger partial charge in [0.1, 0.15) is 0 Å². The molecule has 1 saturated carbocycles. The Morgan fingerprint density at radius 2 is 2.00 bits per heavy atom. The van der Waals surface area contributed by atoms with E-state index in [0.717, 1.165) is 5.56 Å². The van der Waals surface area contributed by atoms with Gasteiger partial charge in [0.2, 0.25) is 5.82 Å². The molecule has 0 amide bonds. The van der Waals surface area contributed by atoms with Crippen LogP contribution in [0.25, 0.3) is 17.5 Å². The van der Waals surface area contributed by atoms with Gasteiger partial charge in [-0.2, -0.15) is 4.98 Å². The highest BCUT2D eigenvalue weighted by Gasteiger charge is 2.29. The number of nitrogens with zero attached hydrogens (tertiary/aromatic N) is 3. The first kappa shape index (κ1) is 20.3. The maximum atomic E-state index is 6.05. The summed E-state index contributed by atoms with van der Waals surface area (Å²) in [4.78, 5) is 8.34. The van der Waals surface area contributed by atoms with Gasteiger partial charge in [0, 0.05) is 21.5 Å². The zero-order valence-corrected chi connectivity index (χ0v) is 18.4. The van der Waals surface area contributed by atoms with E-state index in [2.05, 4.69) is 52.7 Å². The molecule has 2 aromatic heterocycles. The largest absolute Gasteiger partial charge is 0.334 e. The fourth-order valence-electron chi connectivity index (χ4n) is 4.29. The van der Waals surface area contributed by atoms with E-state index in [4.69, 9.17) is 16.1 Å². The Kier molecular flexibility index (Phi) is 6.48. The van der Waals surface area contributed by atoms with E-state index in [1.54, 1.807) is 0 Å². The summed E-state index contributed by atoms with van der Waals surface area (Å²) >= 11 is 7.92. The molecular weight excluding hydrogens is 402 g/mol. The Morgan fingerprint density at radius 3 is 2.69 bits per heavy atom. The third-order valence-electron chi connectivity index (χ3n) is 5.69. The number of hydrogen-bond acceptors (Lipinski definition) is 5. The van der Waals surface area contributed by atoms with Crippen LogP contribution in [0.15, 0.2) is 52.4 Å². The van der Waals surface area contributed by atoms with Crippen LogP contribution in [-0.2, 0) is 0 Å². The lowest BCUT2D eigenvalue weighted by molar-refractivity contribution is 0.162. The zero-order chi connectivity index (χ0) is 20.2. The van der Waals surface area contributed by atoms with Crippen molar-refractivity contribution >= 4 is 29.0 Å². The average molecular weight is 428 g/mol. The first-order valence-electron chi connectivity index (χ1n) is 10.1. The van der Waals surface area contributed by atoms with Crippen LogP contribution < -0.4 is 0 Å². The molecule has 1 aliphatic rings. The van der Waals surface area contributed by atoms with Gasteiger partial charge >= 0.3 is 0 Å². The monoisotopic (exact) mass is 427 g/mol. The SMILES string of the molecule is CN(C)C(c1cccs1)C1CCC(/C=C/c2nc(-c3cccc(Cl)c3)no2)CC1. The van der Waals surface area contributed by atoms with Gasteiger partial charge in [0.15, 0.2) is 0 Å². The molecule has 1 atom stereocenters. The Bertz CT molecular complexity index is 943. The highest BCUT2D eigenvalue weighted by molar-refractivity contribution is 7.10. The molecule has 1 aromatic carbocycles. The van der Waals surface area contributed by atoms with E-state index in [0.29, 0.717) is 34.6 Å². The van der Waals surface area contributed by atoms with Gasteiger partial charge in [-0.05, 0) is 81.3 Å². The molecule has 6 heteroatoms. The lowest BCUT2D eigenvalue weighted by atomic mass is 9.77. The lowest BCUT2D eigenvalue weighted by Gasteiger charge is -2.36. The molecule has 29 heavy (non-hydrogen) atoms. The van der Waals surface area contributed by atoms with Crippen LogP contribution in [0.1, 0.15) is 42.5 Å². The van der Waals surface area contributed by atoms with Gasteiger partial charge < -0.3 is 9.42 Å². The molecule has 1 unspecified atom stereocenters. The average Bonchev–Trinajstić information content (AvgIpc) is 3.40. The third-order valence-corrected chi connectivity index (χ3v) is 6.87. The smallest absolute Gasteiger partial charge is 0.250 e. The van der Waals surface area contributed by atoms with Crippen LogP contribution >= 0.6 is 22.9 Å². The summed E-state index contributed by atoms with van der Waals surface area (Å²) in [6.07, 6.45) is 9.09. The Balaban J connectivity index is 1.36. The van der Waals surface area contributed by atoms with Gasteiger partial charge in [0.25, 0.3) is 5.89 Å². The van der Waals surface area contributed by atoms with Crippen molar-refractivity contribution in [1.29, 1.82) is 0 Å². The molecule has 0 radical (unpaired) electrons. The molecule has 4 nitrogen and oxygen atoms in total. The van der Waals surface area contributed by atoms with Crippen molar-refractivity contribution in [3.05, 3.63) is 63.6 Å². The van der Waals surface area contributed by atoms with Crippen LogP contribution in [0.5, 0.6) is 0 Å². The number of halogens is 1. The number of thiophene rings is 1. The molecule has 2 heterocycles. The van der Waals surface area contributed by atoms with Crippen molar-refractivity contribution in [1.82, 2.24) is 15.0 Å². The maximum Gasteiger partial charge on any atom is 0.250 e. The summed E-state index contributed by atoms with van der Waals surface area (Å²) in [5, 5.41) is 6.92. The third kappa shape index (κ3) is 4.97.